The maximum atomic E-state index is 12.6. The van der Waals surface area contributed by atoms with E-state index in [1.54, 1.807) is 6.20 Å². The Labute approximate surface area is 107 Å². The third-order valence-electron chi connectivity index (χ3n) is 2.58. The van der Waals surface area contributed by atoms with Crippen LogP contribution in [0.15, 0.2) is 24.4 Å². The van der Waals surface area contributed by atoms with Gasteiger partial charge in [-0.15, -0.1) is 5.53 Å². The standard InChI is InChI=1S/C9H13FN6O3/c10-1-8(5-17)15-3-7(12-13-15)2-14-4-9(11-6-14)16(18)19/h3-4,6,8,12-13,17H,1-2,5H2. The number of aliphatic hydroxyl groups excluding tert-OH is 1. The number of hydrazine groups is 2. The van der Waals surface area contributed by atoms with Crippen LogP contribution in [0.25, 0.3) is 0 Å². The summed E-state index contributed by atoms with van der Waals surface area (Å²) in [7, 11) is 0. The first kappa shape index (κ1) is 13.2. The molecule has 0 saturated carbocycles. The second kappa shape index (κ2) is 5.63. The molecule has 0 aliphatic carbocycles. The molecule has 1 atom stereocenters. The van der Waals surface area contributed by atoms with Crippen LogP contribution in [-0.4, -0.2) is 43.9 Å². The zero-order valence-corrected chi connectivity index (χ0v) is 9.86. The van der Waals surface area contributed by atoms with Crippen molar-refractivity contribution in [1.29, 1.82) is 0 Å². The summed E-state index contributed by atoms with van der Waals surface area (Å²) in [6, 6.07) is -0.679. The molecule has 0 fully saturated rings. The summed E-state index contributed by atoms with van der Waals surface area (Å²) in [5, 5.41) is 20.8. The lowest BCUT2D eigenvalue weighted by Gasteiger charge is -2.22. The Balaban J connectivity index is 1.99. The fraction of sp³-hybridized carbons (Fsp3) is 0.444. The number of imidazole rings is 1. The Hall–Kier alpha value is -2.20. The maximum Gasteiger partial charge on any atom is 0.381 e. The number of allylic oxidation sites excluding steroid dienone is 1. The van der Waals surface area contributed by atoms with Crippen LogP contribution in [0.1, 0.15) is 0 Å². The SMILES string of the molecule is O=[N+]([O-])c1cn(CC2=CN(C(CO)CF)NN2)cn1. The van der Waals surface area contributed by atoms with E-state index in [1.165, 1.54) is 22.1 Å². The Morgan fingerprint density at radius 1 is 1.63 bits per heavy atom. The fourth-order valence-corrected chi connectivity index (χ4v) is 1.58. The quantitative estimate of drug-likeness (QED) is 0.463. The van der Waals surface area contributed by atoms with Crippen molar-refractivity contribution >= 4 is 5.82 Å². The summed E-state index contributed by atoms with van der Waals surface area (Å²) in [6.07, 6.45) is 4.22. The second-order valence-corrected chi connectivity index (χ2v) is 3.95. The number of rotatable bonds is 6. The molecule has 19 heavy (non-hydrogen) atoms. The van der Waals surface area contributed by atoms with Gasteiger partial charge in [0.25, 0.3) is 0 Å². The minimum atomic E-state index is -0.703. The van der Waals surface area contributed by atoms with Gasteiger partial charge in [0.1, 0.15) is 12.9 Å². The molecule has 0 amide bonds. The molecule has 1 aliphatic rings. The van der Waals surface area contributed by atoms with Gasteiger partial charge in [-0.3, -0.25) is 5.01 Å². The molecule has 2 rings (SSSR count). The Morgan fingerprint density at radius 3 is 3.00 bits per heavy atom. The minimum Gasteiger partial charge on any atom is -0.394 e. The maximum absolute atomic E-state index is 12.6. The van der Waals surface area contributed by atoms with Gasteiger partial charge >= 0.3 is 5.82 Å². The summed E-state index contributed by atoms with van der Waals surface area (Å²) in [4.78, 5) is 13.5. The van der Waals surface area contributed by atoms with Gasteiger partial charge in [-0.1, -0.05) is 0 Å². The molecule has 1 aromatic heterocycles. The van der Waals surface area contributed by atoms with Crippen LogP contribution in [0.4, 0.5) is 10.2 Å². The number of nitrogens with zero attached hydrogens (tertiary/aromatic N) is 4. The van der Waals surface area contributed by atoms with Gasteiger partial charge in [0.2, 0.25) is 6.33 Å². The number of hydrogen-bond donors (Lipinski definition) is 3. The van der Waals surface area contributed by atoms with Gasteiger partial charge in [0.15, 0.2) is 0 Å². The molecule has 1 unspecified atom stereocenters. The molecular formula is C9H13FN6O3. The lowest BCUT2D eigenvalue weighted by atomic mass is 10.3. The van der Waals surface area contributed by atoms with E-state index in [4.69, 9.17) is 5.11 Å². The molecule has 0 bridgehead atoms. The van der Waals surface area contributed by atoms with Crippen molar-refractivity contribution < 1.29 is 14.4 Å². The van der Waals surface area contributed by atoms with E-state index in [0.717, 1.165) is 0 Å². The van der Waals surface area contributed by atoms with E-state index in [2.05, 4.69) is 15.9 Å². The summed E-state index contributed by atoms with van der Waals surface area (Å²) < 4.78 is 14.1. The smallest absolute Gasteiger partial charge is 0.381 e. The predicted octanol–water partition coefficient (Wildman–Crippen LogP) is -0.712. The van der Waals surface area contributed by atoms with Crippen molar-refractivity contribution in [3.05, 3.63) is 34.5 Å². The van der Waals surface area contributed by atoms with Gasteiger partial charge in [0.05, 0.1) is 24.9 Å². The molecule has 1 aromatic rings. The molecule has 0 radical (unpaired) electrons. The first-order valence-corrected chi connectivity index (χ1v) is 5.47. The predicted molar refractivity (Wildman–Crippen MR) is 61.9 cm³/mol. The monoisotopic (exact) mass is 272 g/mol. The minimum absolute atomic E-state index is 0.236. The molecule has 0 spiro atoms. The van der Waals surface area contributed by atoms with E-state index in [0.29, 0.717) is 12.2 Å². The van der Waals surface area contributed by atoms with Crippen molar-refractivity contribution in [2.24, 2.45) is 0 Å². The van der Waals surface area contributed by atoms with Gasteiger partial charge in [-0.05, 0) is 9.91 Å². The molecule has 1 aliphatic heterocycles. The second-order valence-electron chi connectivity index (χ2n) is 3.95. The first-order chi connectivity index (χ1) is 9.13. The zero-order valence-electron chi connectivity index (χ0n) is 9.86. The van der Waals surface area contributed by atoms with Gasteiger partial charge in [0, 0.05) is 6.20 Å². The highest BCUT2D eigenvalue weighted by molar-refractivity contribution is 5.14. The number of nitrogens with one attached hydrogen (secondary N) is 2. The van der Waals surface area contributed by atoms with Gasteiger partial charge in [-0.25, -0.2) is 4.39 Å². The summed E-state index contributed by atoms with van der Waals surface area (Å²) >= 11 is 0. The third-order valence-corrected chi connectivity index (χ3v) is 2.58. The average molecular weight is 272 g/mol. The van der Waals surface area contributed by atoms with E-state index in [-0.39, 0.29) is 12.4 Å². The van der Waals surface area contributed by atoms with E-state index < -0.39 is 17.6 Å². The number of hydrogen-bond acceptors (Lipinski definition) is 7. The van der Waals surface area contributed by atoms with Crippen LogP contribution >= 0.6 is 0 Å². The van der Waals surface area contributed by atoms with Crippen molar-refractivity contribution in [3.8, 4) is 0 Å². The molecule has 10 heteroatoms. The Kier molecular flexibility index (Phi) is 3.92. The van der Waals surface area contributed by atoms with Gasteiger partial charge < -0.3 is 25.2 Å². The zero-order chi connectivity index (χ0) is 13.8. The molecule has 104 valence electrons. The highest BCUT2D eigenvalue weighted by atomic mass is 19.1. The summed E-state index contributed by atoms with van der Waals surface area (Å²) in [5.41, 5.74) is 6.13. The average Bonchev–Trinajstić information content (AvgIpc) is 3.01. The lowest BCUT2D eigenvalue weighted by molar-refractivity contribution is -0.389. The lowest BCUT2D eigenvalue weighted by Crippen LogP contribution is -2.46. The van der Waals surface area contributed by atoms with Crippen LogP contribution in [0.3, 0.4) is 0 Å². The van der Waals surface area contributed by atoms with Crippen LogP contribution in [0.5, 0.6) is 0 Å². The van der Waals surface area contributed by atoms with Crippen molar-refractivity contribution in [3.63, 3.8) is 0 Å². The highest BCUT2D eigenvalue weighted by Gasteiger charge is 2.20. The number of alkyl halides is 1. The van der Waals surface area contributed by atoms with Crippen LogP contribution in [0, 0.1) is 10.1 Å². The summed E-state index contributed by atoms with van der Waals surface area (Å²) in [5.74, 6) is -0.236. The topological polar surface area (TPSA) is 108 Å². The Morgan fingerprint density at radius 2 is 2.42 bits per heavy atom. The van der Waals surface area contributed by atoms with Crippen molar-refractivity contribution in [1.82, 2.24) is 25.5 Å². The first-order valence-electron chi connectivity index (χ1n) is 5.47. The number of aliphatic hydroxyl groups is 1. The molecule has 2 heterocycles. The molecule has 9 nitrogen and oxygen atoms in total. The van der Waals surface area contributed by atoms with E-state index in [9.17, 15) is 14.5 Å². The van der Waals surface area contributed by atoms with E-state index >= 15 is 0 Å². The Bertz CT molecular complexity index is 486. The van der Waals surface area contributed by atoms with Gasteiger partial charge in [-0.2, -0.15) is 0 Å². The molecular weight excluding hydrogens is 259 g/mol. The third kappa shape index (κ3) is 2.98. The number of halogens is 1. The molecule has 0 aromatic carbocycles. The number of aromatic nitrogens is 2. The molecule has 0 saturated heterocycles. The largest absolute Gasteiger partial charge is 0.394 e. The fourth-order valence-electron chi connectivity index (χ4n) is 1.58. The molecule has 3 N–H and O–H groups in total. The summed E-state index contributed by atoms with van der Waals surface area (Å²) in [6.45, 7) is -0.716. The van der Waals surface area contributed by atoms with Crippen molar-refractivity contribution in [2.75, 3.05) is 13.3 Å². The van der Waals surface area contributed by atoms with E-state index in [1.807, 2.05) is 0 Å². The van der Waals surface area contributed by atoms with Crippen molar-refractivity contribution in [2.45, 2.75) is 12.6 Å². The van der Waals surface area contributed by atoms with Crippen LogP contribution in [0.2, 0.25) is 0 Å². The van der Waals surface area contributed by atoms with Crippen LogP contribution in [-0.2, 0) is 6.54 Å². The normalized spacial score (nSPS) is 16.1. The number of nitro groups is 1. The van der Waals surface area contributed by atoms with Crippen LogP contribution < -0.4 is 11.0 Å². The highest BCUT2D eigenvalue weighted by Crippen LogP contribution is 2.10.